The number of rotatable bonds is 20. The van der Waals surface area contributed by atoms with E-state index in [4.69, 9.17) is 14.3 Å². The van der Waals surface area contributed by atoms with E-state index in [1.54, 1.807) is 24.9 Å². The summed E-state index contributed by atoms with van der Waals surface area (Å²) in [6, 6.07) is 35.5. The lowest BCUT2D eigenvalue weighted by Gasteiger charge is -2.38. The van der Waals surface area contributed by atoms with Gasteiger partial charge in [0.2, 0.25) is 17.7 Å². The molecule has 0 fully saturated rings. The van der Waals surface area contributed by atoms with Crippen LogP contribution in [0.2, 0.25) is 0 Å². The third kappa shape index (κ3) is 10.8. The number of benzene rings is 4. The molecule has 4 N–H and O–H groups in total. The van der Waals surface area contributed by atoms with E-state index in [1.165, 1.54) is 0 Å². The summed E-state index contributed by atoms with van der Waals surface area (Å²) >= 11 is 0. The van der Waals surface area contributed by atoms with Crippen LogP contribution < -0.4 is 21.4 Å². The highest BCUT2D eigenvalue weighted by atomic mass is 16.7. The Morgan fingerprint density at radius 1 is 0.724 bits per heavy atom. The third-order valence-electron chi connectivity index (χ3n) is 9.56. The van der Waals surface area contributed by atoms with Gasteiger partial charge in [-0.25, -0.2) is 10.3 Å². The average molecular weight is 789 g/mol. The molecular formula is C45H52N6O7. The summed E-state index contributed by atoms with van der Waals surface area (Å²) in [6.45, 7) is 7.59. The van der Waals surface area contributed by atoms with Crippen molar-refractivity contribution in [3.63, 3.8) is 0 Å². The van der Waals surface area contributed by atoms with Gasteiger partial charge in [0.25, 0.3) is 0 Å². The molecule has 0 aliphatic rings. The second kappa shape index (κ2) is 21.4. The summed E-state index contributed by atoms with van der Waals surface area (Å²) in [6.07, 6.45) is 0.386. The summed E-state index contributed by atoms with van der Waals surface area (Å²) < 4.78 is 12.0. The lowest BCUT2D eigenvalue weighted by Crippen LogP contribution is -2.57. The van der Waals surface area contributed by atoms with Crippen molar-refractivity contribution in [2.24, 2.45) is 0 Å². The first kappa shape index (κ1) is 43.0. The molecule has 0 saturated heterocycles. The number of ether oxygens (including phenoxy) is 2. The highest BCUT2D eigenvalue weighted by molar-refractivity contribution is 5.93. The number of amides is 5. The minimum atomic E-state index is -1.41. The second-order valence-electron chi connectivity index (χ2n) is 13.4. The Morgan fingerprint density at radius 3 is 1.84 bits per heavy atom. The summed E-state index contributed by atoms with van der Waals surface area (Å²) in [5.41, 5.74) is 4.76. The molecule has 0 radical (unpaired) electrons. The number of fused-ring (bicyclic) bond motifs is 1. The first-order valence-corrected chi connectivity index (χ1v) is 19.5. The zero-order valence-corrected chi connectivity index (χ0v) is 33.4. The van der Waals surface area contributed by atoms with E-state index in [-0.39, 0.29) is 6.54 Å². The van der Waals surface area contributed by atoms with Gasteiger partial charge in [0.15, 0.2) is 12.9 Å². The average Bonchev–Trinajstić information content (AvgIpc) is 3.25. The first-order chi connectivity index (χ1) is 28.2. The van der Waals surface area contributed by atoms with Crippen molar-refractivity contribution in [3.05, 3.63) is 150 Å². The molecular weight excluding hydrogens is 737 g/mol. The summed E-state index contributed by atoms with van der Waals surface area (Å²) in [7, 11) is 0. The summed E-state index contributed by atoms with van der Waals surface area (Å²) in [5, 5.41) is 9.43. The number of hydrogen-bond donors (Lipinski definition) is 4. The Bertz CT molecular complexity index is 1980. The maximum atomic E-state index is 15.1. The zero-order valence-electron chi connectivity index (χ0n) is 33.4. The van der Waals surface area contributed by atoms with Crippen molar-refractivity contribution in [2.75, 3.05) is 26.4 Å². The molecule has 13 heteroatoms. The van der Waals surface area contributed by atoms with Crippen LogP contribution in [0.4, 0.5) is 4.79 Å². The predicted octanol–water partition coefficient (Wildman–Crippen LogP) is 5.58. The van der Waals surface area contributed by atoms with Gasteiger partial charge in [0.1, 0.15) is 11.6 Å². The molecule has 0 spiro atoms. The largest absolute Gasteiger partial charge is 0.351 e. The van der Waals surface area contributed by atoms with Crippen LogP contribution >= 0.6 is 0 Å². The number of nitrogens with zero attached hydrogens (tertiary/aromatic N) is 2. The number of aromatic nitrogens is 1. The molecule has 2 atom stereocenters. The van der Waals surface area contributed by atoms with Crippen LogP contribution in [-0.2, 0) is 40.8 Å². The highest BCUT2D eigenvalue weighted by Crippen LogP contribution is 2.37. The zero-order chi connectivity index (χ0) is 41.3. The van der Waals surface area contributed by atoms with Crippen molar-refractivity contribution < 1.29 is 33.5 Å². The molecule has 0 saturated carbocycles. The number of carbonyl (C=O) groups is 4. The number of para-hydroxylation sites is 1. The number of hydrogen-bond acceptors (Lipinski definition) is 8. The van der Waals surface area contributed by atoms with Crippen molar-refractivity contribution >= 4 is 34.7 Å². The summed E-state index contributed by atoms with van der Waals surface area (Å²) in [5.74, 6) is -1.84. The Kier molecular flexibility index (Phi) is 15.9. The minimum Gasteiger partial charge on any atom is -0.351 e. The van der Waals surface area contributed by atoms with Crippen LogP contribution in [0.5, 0.6) is 0 Å². The fraction of sp³-hybridized carbons (Fsp3) is 0.311. The SMILES string of the molecule is CCNC(=O)NOCC(=O)NC(CC(=O)NC(c1ccccc1)(c1ccccc1)c1ccccc1)C(=O)N(Cc1cccc2cccnc12)C(C)C(OCC)OCC. The fourth-order valence-corrected chi connectivity index (χ4v) is 6.93. The molecule has 58 heavy (non-hydrogen) atoms. The van der Waals surface area contributed by atoms with E-state index in [0.717, 1.165) is 27.6 Å². The molecule has 1 heterocycles. The van der Waals surface area contributed by atoms with E-state index >= 15 is 4.79 Å². The molecule has 5 amide bonds. The Labute approximate surface area is 339 Å². The number of carbonyl (C=O) groups excluding carboxylic acids is 4. The quantitative estimate of drug-likeness (QED) is 0.0452. The maximum absolute atomic E-state index is 15.1. The van der Waals surface area contributed by atoms with Gasteiger partial charge in [-0.1, -0.05) is 115 Å². The highest BCUT2D eigenvalue weighted by Gasteiger charge is 2.40. The number of pyridine rings is 1. The van der Waals surface area contributed by atoms with Gasteiger partial charge in [-0.2, -0.15) is 0 Å². The monoisotopic (exact) mass is 788 g/mol. The van der Waals surface area contributed by atoms with Crippen LogP contribution in [0.25, 0.3) is 10.9 Å². The maximum Gasteiger partial charge on any atom is 0.338 e. The van der Waals surface area contributed by atoms with Gasteiger partial charge in [0.05, 0.1) is 18.0 Å². The topological polar surface area (TPSA) is 160 Å². The van der Waals surface area contributed by atoms with Crippen molar-refractivity contribution in [1.29, 1.82) is 0 Å². The fourth-order valence-electron chi connectivity index (χ4n) is 6.93. The van der Waals surface area contributed by atoms with Crippen LogP contribution in [0.15, 0.2) is 128 Å². The number of urea groups is 1. The first-order valence-electron chi connectivity index (χ1n) is 19.5. The van der Waals surface area contributed by atoms with Gasteiger partial charge in [0, 0.05) is 37.9 Å². The number of nitrogens with one attached hydrogen (secondary N) is 4. The molecule has 2 unspecified atom stereocenters. The van der Waals surface area contributed by atoms with Gasteiger partial charge in [-0.15, -0.1) is 0 Å². The Balaban J connectivity index is 1.56. The van der Waals surface area contributed by atoms with Crippen molar-refractivity contribution in [2.45, 2.75) is 64.6 Å². The number of hydroxylamine groups is 1. The van der Waals surface area contributed by atoms with Gasteiger partial charge >= 0.3 is 6.03 Å². The Morgan fingerprint density at radius 2 is 1.29 bits per heavy atom. The molecule has 0 bridgehead atoms. The normalized spacial score (nSPS) is 12.4. The van der Waals surface area contributed by atoms with Gasteiger partial charge in [-0.05, 0) is 56.0 Å². The molecule has 304 valence electrons. The molecule has 5 aromatic rings. The minimum absolute atomic E-state index is 0.0518. The molecule has 5 rings (SSSR count). The summed E-state index contributed by atoms with van der Waals surface area (Å²) in [4.78, 5) is 66.7. The molecule has 13 nitrogen and oxygen atoms in total. The van der Waals surface area contributed by atoms with Crippen LogP contribution in [-0.4, -0.2) is 78.4 Å². The molecule has 4 aromatic carbocycles. The van der Waals surface area contributed by atoms with Crippen LogP contribution in [0.3, 0.4) is 0 Å². The smallest absolute Gasteiger partial charge is 0.338 e. The van der Waals surface area contributed by atoms with Gasteiger partial charge in [-0.3, -0.25) is 24.2 Å². The second-order valence-corrected chi connectivity index (χ2v) is 13.4. The van der Waals surface area contributed by atoms with E-state index in [9.17, 15) is 14.4 Å². The molecule has 1 aromatic heterocycles. The van der Waals surface area contributed by atoms with E-state index in [2.05, 4.69) is 26.4 Å². The lowest BCUT2D eigenvalue weighted by molar-refractivity contribution is -0.180. The molecule has 0 aliphatic heterocycles. The van der Waals surface area contributed by atoms with Crippen LogP contribution in [0, 0.1) is 0 Å². The van der Waals surface area contributed by atoms with Crippen molar-refractivity contribution in [3.8, 4) is 0 Å². The lowest BCUT2D eigenvalue weighted by atomic mass is 9.77. The van der Waals surface area contributed by atoms with Gasteiger partial charge < -0.3 is 30.3 Å². The van der Waals surface area contributed by atoms with Crippen molar-refractivity contribution in [1.82, 2.24) is 31.3 Å². The van der Waals surface area contributed by atoms with E-state index in [0.29, 0.717) is 25.3 Å². The van der Waals surface area contributed by atoms with E-state index in [1.807, 2.05) is 135 Å². The Hall–Kier alpha value is -6.15. The third-order valence-corrected chi connectivity index (χ3v) is 9.56. The molecule has 0 aliphatic carbocycles. The predicted molar refractivity (Wildman–Crippen MR) is 221 cm³/mol. The van der Waals surface area contributed by atoms with Crippen LogP contribution in [0.1, 0.15) is 56.4 Å². The van der Waals surface area contributed by atoms with E-state index < -0.39 is 60.7 Å². The standard InChI is InChI=1S/C45H52N6O7/c1-5-46-44(55)50-58-31-40(53)48-38(42(54)51(32(4)43(56-6-2)57-7-3)30-34-20-17-19-33-21-18-28-47-41(33)34)29-39(52)49-45(35-22-11-8-12-23-35,36-24-13-9-14-25-36)37-26-15-10-16-27-37/h8-28,32,38,43H,5-7,29-31H2,1-4H3,(H,48,53)(H,49,52)(H2,46,50,55).